The molecule has 5 rings (SSSR count). The summed E-state index contributed by atoms with van der Waals surface area (Å²) >= 11 is 0. The van der Waals surface area contributed by atoms with Gasteiger partial charge >= 0.3 is 6.09 Å². The lowest BCUT2D eigenvalue weighted by Crippen LogP contribution is -2.55. The summed E-state index contributed by atoms with van der Waals surface area (Å²) < 4.78 is 16.7. The molecule has 1 saturated carbocycles. The van der Waals surface area contributed by atoms with Gasteiger partial charge in [0.1, 0.15) is 29.7 Å². The van der Waals surface area contributed by atoms with Crippen LogP contribution < -0.4 is 25.2 Å². The Morgan fingerprint density at radius 2 is 1.85 bits per heavy atom. The second-order valence-corrected chi connectivity index (χ2v) is 14.9. The number of rotatable bonds is 14. The zero-order valence-electron chi connectivity index (χ0n) is 32.2. The van der Waals surface area contributed by atoms with Crippen molar-refractivity contribution < 1.29 is 28.6 Å². The number of piperidine rings is 1. The third-order valence-corrected chi connectivity index (χ3v) is 10.1. The molecule has 1 saturated heterocycles. The minimum absolute atomic E-state index is 0.0188. The fraction of sp³-hybridized carbons (Fsp3) is 0.615. The SMILES string of the molecule is C#CCOCCN(CCN1CCC(NC(=O)c2ccc(Nc3ncc4c(n3)N(C3CCCC3)[C@H](CC)C(=O)N4C)c(OC)c2)CC1)C(=O)OC(C)(C)C. The van der Waals surface area contributed by atoms with Crippen LogP contribution in [-0.2, 0) is 14.3 Å². The predicted molar refractivity (Wildman–Crippen MR) is 205 cm³/mol. The highest BCUT2D eigenvalue weighted by atomic mass is 16.6. The summed E-state index contributed by atoms with van der Waals surface area (Å²) in [4.78, 5) is 56.8. The number of ether oxygens (including phenoxy) is 3. The molecule has 14 heteroatoms. The number of likely N-dealkylation sites (N-methyl/N-ethyl adjacent to an activating group) is 1. The van der Waals surface area contributed by atoms with Gasteiger partial charge in [-0.2, -0.15) is 4.98 Å². The van der Waals surface area contributed by atoms with Crippen molar-refractivity contribution in [1.29, 1.82) is 0 Å². The highest BCUT2D eigenvalue weighted by Gasteiger charge is 2.41. The average Bonchev–Trinajstić information content (AvgIpc) is 3.67. The summed E-state index contributed by atoms with van der Waals surface area (Å²) in [6.45, 7) is 11.3. The van der Waals surface area contributed by atoms with E-state index >= 15 is 0 Å². The summed E-state index contributed by atoms with van der Waals surface area (Å²) in [5.41, 5.74) is 1.21. The Morgan fingerprint density at radius 3 is 2.51 bits per heavy atom. The number of methoxy groups -OCH3 is 1. The van der Waals surface area contributed by atoms with Crippen LogP contribution in [-0.4, -0.2) is 121 Å². The third-order valence-electron chi connectivity index (χ3n) is 10.1. The standard InChI is InChI=1S/C39H56N8O6/c1-8-23-52-24-22-46(38(50)53-39(3,4)5)21-20-45-18-16-28(17-19-45)41-35(48)27-14-15-30(33(25-27)51-7)42-37-40-26-32-34(43-37)47(29-12-10-11-13-29)31(9-2)36(49)44(32)6/h1,14-15,25-26,28-29,31H,9-13,16-24H2,2-7H3,(H,41,48)(H,40,42,43)/t31-/m1/s1. The van der Waals surface area contributed by atoms with E-state index in [4.69, 9.17) is 25.6 Å². The van der Waals surface area contributed by atoms with Crippen molar-refractivity contribution in [2.75, 3.05) is 75.2 Å². The second kappa shape index (κ2) is 17.9. The highest BCUT2D eigenvalue weighted by Crippen LogP contribution is 2.40. The number of amides is 3. The van der Waals surface area contributed by atoms with E-state index in [2.05, 4.69) is 31.3 Å². The molecule has 3 amide bonds. The molecule has 1 atom stereocenters. The molecule has 53 heavy (non-hydrogen) atoms. The maximum absolute atomic E-state index is 13.4. The molecule has 0 bridgehead atoms. The summed E-state index contributed by atoms with van der Waals surface area (Å²) in [7, 11) is 3.35. The van der Waals surface area contributed by atoms with Crippen LogP contribution in [0.5, 0.6) is 5.75 Å². The molecule has 0 radical (unpaired) electrons. The van der Waals surface area contributed by atoms with Gasteiger partial charge in [-0.05, 0) is 71.1 Å². The Bertz CT molecular complexity index is 1630. The van der Waals surface area contributed by atoms with Crippen LogP contribution in [0.1, 0.15) is 83.0 Å². The third kappa shape index (κ3) is 10.1. The van der Waals surface area contributed by atoms with E-state index in [-0.39, 0.29) is 42.6 Å². The lowest BCUT2D eigenvalue weighted by atomic mass is 10.0. The van der Waals surface area contributed by atoms with Gasteiger partial charge in [-0.15, -0.1) is 6.42 Å². The molecule has 288 valence electrons. The number of carbonyl (C=O) groups is 3. The van der Waals surface area contributed by atoms with E-state index < -0.39 is 5.60 Å². The lowest BCUT2D eigenvalue weighted by Gasteiger charge is -2.43. The molecule has 0 unspecified atom stereocenters. The zero-order chi connectivity index (χ0) is 38.1. The minimum atomic E-state index is -0.598. The van der Waals surface area contributed by atoms with Gasteiger partial charge in [0.2, 0.25) is 11.9 Å². The number of carbonyl (C=O) groups excluding carboxylic acids is 3. The number of benzene rings is 1. The van der Waals surface area contributed by atoms with E-state index in [1.165, 1.54) is 0 Å². The molecule has 2 aromatic rings. The van der Waals surface area contributed by atoms with E-state index in [9.17, 15) is 14.4 Å². The number of anilines is 4. The van der Waals surface area contributed by atoms with Crippen LogP contribution in [0.2, 0.25) is 0 Å². The van der Waals surface area contributed by atoms with Gasteiger partial charge in [-0.25, -0.2) is 9.78 Å². The summed E-state index contributed by atoms with van der Waals surface area (Å²) in [5, 5.41) is 6.48. The van der Waals surface area contributed by atoms with Crippen molar-refractivity contribution >= 4 is 41.0 Å². The lowest BCUT2D eigenvalue weighted by molar-refractivity contribution is -0.120. The largest absolute Gasteiger partial charge is 0.495 e. The first-order valence-electron chi connectivity index (χ1n) is 18.8. The molecule has 2 N–H and O–H groups in total. The van der Waals surface area contributed by atoms with Crippen molar-refractivity contribution in [3.8, 4) is 18.1 Å². The van der Waals surface area contributed by atoms with Crippen molar-refractivity contribution in [2.45, 2.75) is 96.4 Å². The molecule has 1 aromatic heterocycles. The van der Waals surface area contributed by atoms with Crippen LogP contribution in [0.25, 0.3) is 0 Å². The number of nitrogens with one attached hydrogen (secondary N) is 2. The smallest absolute Gasteiger partial charge is 0.410 e. The number of nitrogens with zero attached hydrogens (tertiary/aromatic N) is 6. The van der Waals surface area contributed by atoms with E-state index in [1.807, 2.05) is 27.7 Å². The van der Waals surface area contributed by atoms with E-state index in [0.29, 0.717) is 61.3 Å². The highest BCUT2D eigenvalue weighted by molar-refractivity contribution is 6.04. The Kier molecular flexibility index (Phi) is 13.4. The summed E-state index contributed by atoms with van der Waals surface area (Å²) in [6, 6.07) is 5.30. The number of terminal acetylenes is 1. The number of aromatic nitrogens is 2. The maximum atomic E-state index is 13.4. The van der Waals surface area contributed by atoms with E-state index in [0.717, 1.165) is 57.4 Å². The maximum Gasteiger partial charge on any atom is 0.410 e. The van der Waals surface area contributed by atoms with Gasteiger partial charge in [0.05, 0.1) is 25.6 Å². The molecule has 3 aliphatic rings. The summed E-state index contributed by atoms with van der Waals surface area (Å²) in [5.74, 6) is 3.97. The van der Waals surface area contributed by atoms with Crippen molar-refractivity contribution in [2.24, 2.45) is 0 Å². The second-order valence-electron chi connectivity index (χ2n) is 14.9. The molecular weight excluding hydrogens is 676 g/mol. The van der Waals surface area contributed by atoms with Gasteiger partial charge in [0.25, 0.3) is 5.91 Å². The van der Waals surface area contributed by atoms with Crippen LogP contribution in [0.15, 0.2) is 24.4 Å². The van der Waals surface area contributed by atoms with Crippen LogP contribution in [0.4, 0.5) is 27.9 Å². The first-order valence-corrected chi connectivity index (χ1v) is 18.8. The molecule has 14 nitrogen and oxygen atoms in total. The van der Waals surface area contributed by atoms with Crippen molar-refractivity contribution in [1.82, 2.24) is 25.1 Å². The van der Waals surface area contributed by atoms with Crippen LogP contribution in [0, 0.1) is 12.3 Å². The van der Waals surface area contributed by atoms with Gasteiger partial charge in [0.15, 0.2) is 5.82 Å². The normalized spacial score (nSPS) is 18.4. The van der Waals surface area contributed by atoms with Gasteiger partial charge in [-0.1, -0.05) is 25.7 Å². The van der Waals surface area contributed by atoms with Gasteiger partial charge in [-0.3, -0.25) is 9.59 Å². The Morgan fingerprint density at radius 1 is 1.11 bits per heavy atom. The molecule has 3 heterocycles. The molecule has 2 aliphatic heterocycles. The van der Waals surface area contributed by atoms with Gasteiger partial charge < -0.3 is 44.4 Å². The average molecular weight is 733 g/mol. The Balaban J connectivity index is 1.17. The monoisotopic (exact) mass is 732 g/mol. The first-order chi connectivity index (χ1) is 25.4. The number of likely N-dealkylation sites (tertiary alicyclic amines) is 1. The van der Waals surface area contributed by atoms with Gasteiger partial charge in [0, 0.05) is 57.4 Å². The first kappa shape index (κ1) is 39.6. The minimum Gasteiger partial charge on any atom is -0.495 e. The molecule has 1 aromatic carbocycles. The fourth-order valence-electron chi connectivity index (χ4n) is 7.26. The van der Waals surface area contributed by atoms with Crippen LogP contribution >= 0.6 is 0 Å². The number of hydrogen-bond donors (Lipinski definition) is 2. The number of hydrogen-bond acceptors (Lipinski definition) is 11. The summed E-state index contributed by atoms with van der Waals surface area (Å²) in [6.07, 6.45) is 13.2. The van der Waals surface area contributed by atoms with E-state index in [1.54, 1.807) is 48.4 Å². The van der Waals surface area contributed by atoms with Crippen molar-refractivity contribution in [3.63, 3.8) is 0 Å². The van der Waals surface area contributed by atoms with Crippen LogP contribution in [0.3, 0.4) is 0 Å². The molecule has 0 spiro atoms. The predicted octanol–water partition coefficient (Wildman–Crippen LogP) is 4.81. The van der Waals surface area contributed by atoms with Crippen molar-refractivity contribution in [3.05, 3.63) is 30.0 Å². The fourth-order valence-corrected chi connectivity index (χ4v) is 7.26. The topological polar surface area (TPSA) is 142 Å². The molecule has 2 fully saturated rings. The number of fused-ring (bicyclic) bond motifs is 1. The zero-order valence-corrected chi connectivity index (χ0v) is 32.2. The molecule has 1 aliphatic carbocycles. The molecular formula is C39H56N8O6. The Labute approximate surface area is 313 Å². The quantitative estimate of drug-likeness (QED) is 0.204. The Hall–Kier alpha value is -4.61.